The number of halogens is 2. The normalized spacial score (nSPS) is 19.5. The van der Waals surface area contributed by atoms with Crippen LogP contribution in [0.15, 0.2) is 48.5 Å². The summed E-state index contributed by atoms with van der Waals surface area (Å²) in [5.41, 5.74) is 1.10. The third kappa shape index (κ3) is 6.40. The number of piperidine rings is 1. The molecule has 0 atom stereocenters. The number of rotatable bonds is 7. The summed E-state index contributed by atoms with van der Waals surface area (Å²) >= 11 is 0. The van der Waals surface area contributed by atoms with Gasteiger partial charge in [-0.15, -0.1) is 12.4 Å². The number of hydrogen-bond acceptors (Lipinski definition) is 5. The van der Waals surface area contributed by atoms with Gasteiger partial charge in [0.1, 0.15) is 18.2 Å². The SMILES string of the molecule is Cl.OC1(c2ccc(F)cc2)CCN(Cc2ccccc2OCCN2CCOCC2)CC1. The van der Waals surface area contributed by atoms with Crippen LogP contribution in [0.4, 0.5) is 4.39 Å². The van der Waals surface area contributed by atoms with Crippen LogP contribution in [0, 0.1) is 5.82 Å². The van der Waals surface area contributed by atoms with Gasteiger partial charge in [-0.1, -0.05) is 30.3 Å². The molecule has 170 valence electrons. The van der Waals surface area contributed by atoms with E-state index in [1.54, 1.807) is 12.1 Å². The zero-order valence-electron chi connectivity index (χ0n) is 17.8. The van der Waals surface area contributed by atoms with Crippen molar-refractivity contribution >= 4 is 12.4 Å². The molecule has 1 N–H and O–H groups in total. The molecular formula is C24H32ClFN2O3. The van der Waals surface area contributed by atoms with Crippen LogP contribution in [-0.4, -0.2) is 67.5 Å². The Morgan fingerprint density at radius 3 is 2.32 bits per heavy atom. The maximum absolute atomic E-state index is 13.2. The Labute approximate surface area is 190 Å². The molecule has 0 amide bonds. The van der Waals surface area contributed by atoms with Gasteiger partial charge in [0.2, 0.25) is 0 Å². The highest BCUT2D eigenvalue weighted by Gasteiger charge is 2.34. The highest BCUT2D eigenvalue weighted by Crippen LogP contribution is 2.34. The first kappa shape index (κ1) is 24.0. The Morgan fingerprint density at radius 2 is 1.61 bits per heavy atom. The molecule has 0 spiro atoms. The number of para-hydroxylation sites is 1. The monoisotopic (exact) mass is 450 g/mol. The second kappa shape index (κ2) is 11.2. The zero-order chi connectivity index (χ0) is 20.8. The third-order valence-electron chi connectivity index (χ3n) is 6.20. The van der Waals surface area contributed by atoms with E-state index in [2.05, 4.69) is 15.9 Å². The van der Waals surface area contributed by atoms with Crippen molar-refractivity contribution in [2.45, 2.75) is 25.0 Å². The maximum Gasteiger partial charge on any atom is 0.123 e. The molecule has 7 heteroatoms. The Hall–Kier alpha value is -1.70. The number of nitrogens with zero attached hydrogens (tertiary/aromatic N) is 2. The van der Waals surface area contributed by atoms with Crippen molar-refractivity contribution in [3.63, 3.8) is 0 Å². The second-order valence-corrected chi connectivity index (χ2v) is 8.22. The number of likely N-dealkylation sites (tertiary alicyclic amines) is 1. The fourth-order valence-electron chi connectivity index (χ4n) is 4.26. The number of aliphatic hydroxyl groups is 1. The highest BCUT2D eigenvalue weighted by atomic mass is 35.5. The summed E-state index contributed by atoms with van der Waals surface area (Å²) in [4.78, 5) is 4.72. The van der Waals surface area contributed by atoms with Crippen molar-refractivity contribution in [3.8, 4) is 5.75 Å². The van der Waals surface area contributed by atoms with Crippen LogP contribution in [0.1, 0.15) is 24.0 Å². The van der Waals surface area contributed by atoms with Crippen molar-refractivity contribution in [2.75, 3.05) is 52.5 Å². The lowest BCUT2D eigenvalue weighted by Crippen LogP contribution is -2.42. The van der Waals surface area contributed by atoms with E-state index in [9.17, 15) is 9.50 Å². The summed E-state index contributed by atoms with van der Waals surface area (Å²) in [5.74, 6) is 0.662. The van der Waals surface area contributed by atoms with Crippen LogP contribution in [-0.2, 0) is 16.9 Å². The molecule has 2 heterocycles. The van der Waals surface area contributed by atoms with E-state index in [1.165, 1.54) is 17.7 Å². The molecule has 2 saturated heterocycles. The molecule has 0 radical (unpaired) electrons. The van der Waals surface area contributed by atoms with Crippen molar-refractivity contribution in [1.82, 2.24) is 9.80 Å². The van der Waals surface area contributed by atoms with E-state index in [4.69, 9.17) is 9.47 Å². The molecule has 2 aliphatic rings. The van der Waals surface area contributed by atoms with Gasteiger partial charge < -0.3 is 14.6 Å². The molecular weight excluding hydrogens is 419 g/mol. The average molecular weight is 451 g/mol. The minimum atomic E-state index is -0.877. The summed E-state index contributed by atoms with van der Waals surface area (Å²) in [6.07, 6.45) is 1.28. The number of ether oxygens (including phenoxy) is 2. The second-order valence-electron chi connectivity index (χ2n) is 8.22. The van der Waals surface area contributed by atoms with Crippen molar-refractivity contribution in [1.29, 1.82) is 0 Å². The Balaban J connectivity index is 0.00000272. The molecule has 2 aliphatic heterocycles. The molecule has 0 aromatic heterocycles. The van der Waals surface area contributed by atoms with E-state index in [1.807, 2.05) is 18.2 Å². The zero-order valence-corrected chi connectivity index (χ0v) is 18.7. The Morgan fingerprint density at radius 1 is 0.935 bits per heavy atom. The van der Waals surface area contributed by atoms with E-state index in [0.717, 1.165) is 63.8 Å². The lowest BCUT2D eigenvalue weighted by Gasteiger charge is -2.38. The fourth-order valence-corrected chi connectivity index (χ4v) is 4.26. The van der Waals surface area contributed by atoms with Gasteiger partial charge in [0.15, 0.2) is 0 Å². The Kier molecular flexibility index (Phi) is 8.69. The molecule has 0 saturated carbocycles. The maximum atomic E-state index is 13.2. The molecule has 2 aromatic carbocycles. The lowest BCUT2D eigenvalue weighted by atomic mass is 9.84. The minimum Gasteiger partial charge on any atom is -0.492 e. The molecule has 2 fully saturated rings. The van der Waals surface area contributed by atoms with Crippen LogP contribution in [0.25, 0.3) is 0 Å². The van der Waals surface area contributed by atoms with E-state index < -0.39 is 5.60 Å². The molecule has 31 heavy (non-hydrogen) atoms. The number of hydrogen-bond donors (Lipinski definition) is 1. The third-order valence-corrected chi connectivity index (χ3v) is 6.20. The summed E-state index contributed by atoms with van der Waals surface area (Å²) in [6, 6.07) is 14.4. The van der Waals surface area contributed by atoms with Gasteiger partial charge in [0.05, 0.1) is 18.8 Å². The van der Waals surface area contributed by atoms with Crippen LogP contribution < -0.4 is 4.74 Å². The van der Waals surface area contributed by atoms with Gasteiger partial charge in [0.25, 0.3) is 0 Å². The Bertz CT molecular complexity index is 807. The van der Waals surface area contributed by atoms with Gasteiger partial charge in [-0.25, -0.2) is 4.39 Å². The smallest absolute Gasteiger partial charge is 0.123 e. The van der Waals surface area contributed by atoms with E-state index >= 15 is 0 Å². The molecule has 5 nitrogen and oxygen atoms in total. The van der Waals surface area contributed by atoms with E-state index in [-0.39, 0.29) is 18.2 Å². The molecule has 4 rings (SSSR count). The number of morpholine rings is 1. The topological polar surface area (TPSA) is 45.2 Å². The summed E-state index contributed by atoms with van der Waals surface area (Å²) in [5, 5.41) is 11.0. The highest BCUT2D eigenvalue weighted by molar-refractivity contribution is 5.85. The average Bonchev–Trinajstić information content (AvgIpc) is 2.78. The quantitative estimate of drug-likeness (QED) is 0.700. The van der Waals surface area contributed by atoms with Crippen molar-refractivity contribution in [2.24, 2.45) is 0 Å². The number of benzene rings is 2. The van der Waals surface area contributed by atoms with Crippen LogP contribution in [0.2, 0.25) is 0 Å². The minimum absolute atomic E-state index is 0. The van der Waals surface area contributed by atoms with Gasteiger partial charge in [-0.3, -0.25) is 9.80 Å². The predicted octanol–water partition coefficient (Wildman–Crippen LogP) is 3.44. The van der Waals surface area contributed by atoms with Crippen LogP contribution >= 0.6 is 12.4 Å². The largest absolute Gasteiger partial charge is 0.492 e. The first-order chi connectivity index (χ1) is 14.6. The van der Waals surface area contributed by atoms with Crippen molar-refractivity contribution < 1.29 is 19.0 Å². The molecule has 0 aliphatic carbocycles. The van der Waals surface area contributed by atoms with Crippen LogP contribution in [0.3, 0.4) is 0 Å². The molecule has 0 unspecified atom stereocenters. The van der Waals surface area contributed by atoms with Crippen molar-refractivity contribution in [3.05, 3.63) is 65.5 Å². The van der Waals surface area contributed by atoms with E-state index in [0.29, 0.717) is 19.4 Å². The first-order valence-corrected chi connectivity index (χ1v) is 10.8. The summed E-state index contributed by atoms with van der Waals surface area (Å²) in [6.45, 7) is 7.49. The van der Waals surface area contributed by atoms with Crippen LogP contribution in [0.5, 0.6) is 5.75 Å². The molecule has 2 aromatic rings. The first-order valence-electron chi connectivity index (χ1n) is 10.8. The summed E-state index contributed by atoms with van der Waals surface area (Å²) in [7, 11) is 0. The van der Waals surface area contributed by atoms with Gasteiger partial charge in [-0.2, -0.15) is 0 Å². The fraction of sp³-hybridized carbons (Fsp3) is 0.500. The van der Waals surface area contributed by atoms with Gasteiger partial charge in [0, 0.05) is 44.8 Å². The lowest BCUT2D eigenvalue weighted by molar-refractivity contribution is -0.0279. The van der Waals surface area contributed by atoms with Gasteiger partial charge in [-0.05, 0) is 36.6 Å². The predicted molar refractivity (Wildman–Crippen MR) is 121 cm³/mol. The standard InChI is InChI=1S/C24H31FN2O3.ClH/c25-22-7-5-21(6-8-22)24(28)9-11-27(12-10-24)19-20-3-1-2-4-23(20)30-18-15-26-13-16-29-17-14-26;/h1-8,28H,9-19H2;1H. The summed E-state index contributed by atoms with van der Waals surface area (Å²) < 4.78 is 24.7. The molecule has 0 bridgehead atoms. The van der Waals surface area contributed by atoms with Gasteiger partial charge >= 0.3 is 0 Å².